The first-order valence-corrected chi connectivity index (χ1v) is 7.39. The van der Waals surface area contributed by atoms with Gasteiger partial charge in [-0.25, -0.2) is 4.98 Å². The third kappa shape index (κ3) is 3.11. The highest BCUT2D eigenvalue weighted by Crippen LogP contribution is 2.36. The normalized spacial score (nSPS) is 10.6. The largest absolute Gasteiger partial charge is 0.496 e. The van der Waals surface area contributed by atoms with Crippen molar-refractivity contribution >= 4 is 11.3 Å². The van der Waals surface area contributed by atoms with Crippen molar-refractivity contribution in [2.24, 2.45) is 0 Å². The average molecular weight is 292 g/mol. The molecule has 0 saturated carbocycles. The number of likely N-dealkylation sites (N-methyl/N-ethyl adjacent to an activating group) is 1. The molecule has 2 aromatic rings. The van der Waals surface area contributed by atoms with E-state index < -0.39 is 0 Å². The fraction of sp³-hybridized carbons (Fsp3) is 0.400. The van der Waals surface area contributed by atoms with Gasteiger partial charge in [0.15, 0.2) is 0 Å². The maximum Gasteiger partial charge on any atom is 0.128 e. The molecule has 0 spiro atoms. The first-order chi connectivity index (χ1) is 9.69. The number of benzene rings is 1. The van der Waals surface area contributed by atoms with E-state index in [0.29, 0.717) is 0 Å². The van der Waals surface area contributed by atoms with Gasteiger partial charge >= 0.3 is 0 Å². The molecule has 0 bridgehead atoms. The summed E-state index contributed by atoms with van der Waals surface area (Å²) in [6.07, 6.45) is 0.937. The highest BCUT2D eigenvalue weighted by atomic mass is 32.1. The van der Waals surface area contributed by atoms with Crippen LogP contribution in [0.5, 0.6) is 11.5 Å². The molecule has 1 aromatic heterocycles. The van der Waals surface area contributed by atoms with Gasteiger partial charge < -0.3 is 14.8 Å². The molecule has 5 heteroatoms. The quantitative estimate of drug-likeness (QED) is 0.889. The van der Waals surface area contributed by atoms with Gasteiger partial charge in [0.1, 0.15) is 11.5 Å². The van der Waals surface area contributed by atoms with Crippen molar-refractivity contribution in [1.82, 2.24) is 10.3 Å². The minimum absolute atomic E-state index is 0.828. The van der Waals surface area contributed by atoms with E-state index in [0.717, 1.165) is 46.3 Å². The standard InChI is InChI=1S/C15H20N2O2S/c1-10-7-14(19-4)11(8-13(10)18-3)12-9-20-15(17-12)5-6-16-2/h7-9,16H,5-6H2,1-4H3. The molecule has 0 unspecified atom stereocenters. The number of hydrogen-bond acceptors (Lipinski definition) is 5. The topological polar surface area (TPSA) is 43.4 Å². The lowest BCUT2D eigenvalue weighted by Crippen LogP contribution is -2.09. The predicted molar refractivity (Wildman–Crippen MR) is 83.0 cm³/mol. The van der Waals surface area contributed by atoms with Crippen molar-refractivity contribution in [2.75, 3.05) is 27.8 Å². The summed E-state index contributed by atoms with van der Waals surface area (Å²) in [5.74, 6) is 1.68. The molecular formula is C15H20N2O2S. The first-order valence-electron chi connectivity index (χ1n) is 6.51. The zero-order chi connectivity index (χ0) is 14.5. The molecule has 1 aromatic carbocycles. The average Bonchev–Trinajstić information content (AvgIpc) is 2.93. The van der Waals surface area contributed by atoms with E-state index in [1.165, 1.54) is 0 Å². The van der Waals surface area contributed by atoms with Crippen molar-refractivity contribution < 1.29 is 9.47 Å². The summed E-state index contributed by atoms with van der Waals surface area (Å²) in [5.41, 5.74) is 2.97. The highest BCUT2D eigenvalue weighted by Gasteiger charge is 2.13. The van der Waals surface area contributed by atoms with Crippen LogP contribution < -0.4 is 14.8 Å². The molecule has 4 nitrogen and oxygen atoms in total. The van der Waals surface area contributed by atoms with Crippen LogP contribution in [0, 0.1) is 6.92 Å². The molecule has 0 aliphatic carbocycles. The van der Waals surface area contributed by atoms with Crippen LogP contribution in [-0.4, -0.2) is 32.8 Å². The van der Waals surface area contributed by atoms with Crippen molar-refractivity contribution in [1.29, 1.82) is 0 Å². The van der Waals surface area contributed by atoms with Gasteiger partial charge in [-0.1, -0.05) is 0 Å². The molecule has 0 radical (unpaired) electrons. The van der Waals surface area contributed by atoms with Crippen LogP contribution in [0.3, 0.4) is 0 Å². The lowest BCUT2D eigenvalue weighted by molar-refractivity contribution is 0.401. The minimum atomic E-state index is 0.828. The summed E-state index contributed by atoms with van der Waals surface area (Å²) in [7, 11) is 5.30. The molecule has 1 N–H and O–H groups in total. The zero-order valence-electron chi connectivity index (χ0n) is 12.3. The van der Waals surface area contributed by atoms with Crippen LogP contribution in [0.15, 0.2) is 17.5 Å². The van der Waals surface area contributed by atoms with Gasteiger partial charge in [-0.2, -0.15) is 0 Å². The van der Waals surface area contributed by atoms with Crippen LogP contribution in [-0.2, 0) is 6.42 Å². The van der Waals surface area contributed by atoms with E-state index in [2.05, 4.69) is 15.7 Å². The van der Waals surface area contributed by atoms with E-state index in [4.69, 9.17) is 9.47 Å². The maximum atomic E-state index is 5.47. The molecule has 0 aliphatic rings. The third-order valence-corrected chi connectivity index (χ3v) is 4.04. The van der Waals surface area contributed by atoms with Crippen molar-refractivity contribution in [3.05, 3.63) is 28.1 Å². The van der Waals surface area contributed by atoms with Crippen molar-refractivity contribution in [3.63, 3.8) is 0 Å². The molecule has 0 fully saturated rings. The summed E-state index contributed by atoms with van der Waals surface area (Å²) < 4.78 is 10.9. The number of aromatic nitrogens is 1. The van der Waals surface area contributed by atoms with Gasteiger partial charge in [0.05, 0.1) is 24.9 Å². The summed E-state index contributed by atoms with van der Waals surface area (Å²) in [5, 5.41) is 6.32. The van der Waals surface area contributed by atoms with Crippen molar-refractivity contribution in [2.45, 2.75) is 13.3 Å². The van der Waals surface area contributed by atoms with Crippen LogP contribution in [0.2, 0.25) is 0 Å². The Morgan fingerprint density at radius 2 is 1.95 bits per heavy atom. The van der Waals surface area contributed by atoms with Crippen molar-refractivity contribution in [3.8, 4) is 22.8 Å². The number of nitrogens with one attached hydrogen (secondary N) is 1. The number of thiazole rings is 1. The Morgan fingerprint density at radius 1 is 1.20 bits per heavy atom. The molecule has 0 atom stereocenters. The van der Waals surface area contributed by atoms with Gasteiger partial charge in [0.25, 0.3) is 0 Å². The fourth-order valence-corrected chi connectivity index (χ4v) is 2.83. The fourth-order valence-electron chi connectivity index (χ4n) is 2.03. The third-order valence-electron chi connectivity index (χ3n) is 3.13. The van der Waals surface area contributed by atoms with Crippen LogP contribution in [0.25, 0.3) is 11.3 Å². The highest BCUT2D eigenvalue weighted by molar-refractivity contribution is 7.09. The second-order valence-corrected chi connectivity index (χ2v) is 5.44. The number of hydrogen-bond donors (Lipinski definition) is 1. The smallest absolute Gasteiger partial charge is 0.128 e. The van der Waals surface area contributed by atoms with Crippen LogP contribution in [0.4, 0.5) is 0 Å². The molecule has 2 rings (SSSR count). The number of ether oxygens (including phenoxy) is 2. The number of rotatable bonds is 6. The van der Waals surface area contributed by atoms with Crippen LogP contribution >= 0.6 is 11.3 Å². The van der Waals surface area contributed by atoms with Gasteiger partial charge in [-0.3, -0.25) is 0 Å². The summed E-state index contributed by atoms with van der Waals surface area (Å²) in [4.78, 5) is 4.67. The molecule has 0 saturated heterocycles. The van der Waals surface area contributed by atoms with E-state index in [-0.39, 0.29) is 0 Å². The zero-order valence-corrected chi connectivity index (χ0v) is 13.1. The van der Waals surface area contributed by atoms with E-state index in [1.807, 2.05) is 26.1 Å². The molecular weight excluding hydrogens is 272 g/mol. The van der Waals surface area contributed by atoms with E-state index in [1.54, 1.807) is 25.6 Å². The second-order valence-electron chi connectivity index (χ2n) is 4.50. The molecule has 20 heavy (non-hydrogen) atoms. The molecule has 0 aliphatic heterocycles. The molecule has 108 valence electrons. The Labute approximate surface area is 123 Å². The number of nitrogens with zero attached hydrogens (tertiary/aromatic N) is 1. The van der Waals surface area contributed by atoms with Gasteiger partial charge in [-0.05, 0) is 31.7 Å². The second kappa shape index (κ2) is 6.72. The summed E-state index contributed by atoms with van der Waals surface area (Å²) >= 11 is 1.67. The number of aryl methyl sites for hydroxylation is 1. The Morgan fingerprint density at radius 3 is 2.60 bits per heavy atom. The van der Waals surface area contributed by atoms with Crippen LogP contribution in [0.1, 0.15) is 10.6 Å². The lowest BCUT2D eigenvalue weighted by atomic mass is 10.1. The Kier molecular flexibility index (Phi) is 4.98. The monoisotopic (exact) mass is 292 g/mol. The lowest BCUT2D eigenvalue weighted by Gasteiger charge is -2.11. The maximum absolute atomic E-state index is 5.47. The van der Waals surface area contributed by atoms with Gasteiger partial charge in [-0.15, -0.1) is 11.3 Å². The summed E-state index contributed by atoms with van der Waals surface area (Å²) in [6, 6.07) is 3.98. The summed E-state index contributed by atoms with van der Waals surface area (Å²) in [6.45, 7) is 2.94. The Hall–Kier alpha value is -1.59. The number of methoxy groups -OCH3 is 2. The first kappa shape index (κ1) is 14.8. The minimum Gasteiger partial charge on any atom is -0.496 e. The Balaban J connectivity index is 2.37. The molecule has 0 amide bonds. The van der Waals surface area contributed by atoms with E-state index >= 15 is 0 Å². The Bertz CT molecular complexity index is 581. The predicted octanol–water partition coefficient (Wildman–Crippen LogP) is 2.90. The van der Waals surface area contributed by atoms with Gasteiger partial charge in [0.2, 0.25) is 0 Å². The van der Waals surface area contributed by atoms with Gasteiger partial charge in [0, 0.05) is 23.9 Å². The molecule has 1 heterocycles. The van der Waals surface area contributed by atoms with E-state index in [9.17, 15) is 0 Å². The SMILES string of the molecule is CNCCc1nc(-c2cc(OC)c(C)cc2OC)cs1.